The Morgan fingerprint density at radius 1 is 1.25 bits per heavy atom. The van der Waals surface area contributed by atoms with Gasteiger partial charge in [-0.05, 0) is 32.0 Å². The smallest absolute Gasteiger partial charge is 0.265 e. The number of halogens is 1. The van der Waals surface area contributed by atoms with Crippen LogP contribution in [0.3, 0.4) is 0 Å². The standard InChI is InChI=1S/C19H21ClN6O4S2/c1-10(22-17(27)12-6-13(20)8-14(7-12)32(5,29)30)16-23-11(2)24-26(16)19-21-9-15(31-19)18(28)25(3)4/h6-10H,1-5H3,(H,22,27)/t10-/m0/s1. The minimum atomic E-state index is -3.54. The molecule has 0 aliphatic heterocycles. The van der Waals surface area contributed by atoms with Gasteiger partial charge in [0, 0.05) is 30.9 Å². The SMILES string of the molecule is Cc1nc([C@H](C)NC(=O)c2cc(Cl)cc(S(C)(=O)=O)c2)n(-c2ncc(C(=O)N(C)C)s2)n1. The summed E-state index contributed by atoms with van der Waals surface area (Å²) in [7, 11) is -0.245. The summed E-state index contributed by atoms with van der Waals surface area (Å²) < 4.78 is 25.2. The topological polar surface area (TPSA) is 127 Å². The van der Waals surface area contributed by atoms with Crippen molar-refractivity contribution >= 4 is 44.6 Å². The molecule has 0 radical (unpaired) electrons. The zero-order valence-corrected chi connectivity index (χ0v) is 20.3. The van der Waals surface area contributed by atoms with Crippen molar-refractivity contribution in [2.45, 2.75) is 24.8 Å². The number of thiazole rings is 1. The lowest BCUT2D eigenvalue weighted by Gasteiger charge is -2.14. The van der Waals surface area contributed by atoms with E-state index in [1.54, 1.807) is 27.9 Å². The van der Waals surface area contributed by atoms with Crippen LogP contribution in [0.15, 0.2) is 29.3 Å². The number of hydrogen-bond acceptors (Lipinski definition) is 8. The monoisotopic (exact) mass is 496 g/mol. The summed E-state index contributed by atoms with van der Waals surface area (Å²) in [5, 5.41) is 7.67. The first kappa shape index (κ1) is 23.8. The van der Waals surface area contributed by atoms with E-state index < -0.39 is 21.8 Å². The van der Waals surface area contributed by atoms with Gasteiger partial charge < -0.3 is 10.2 Å². The van der Waals surface area contributed by atoms with Crippen molar-refractivity contribution in [3.8, 4) is 5.13 Å². The lowest BCUT2D eigenvalue weighted by Crippen LogP contribution is -2.29. The van der Waals surface area contributed by atoms with Crippen molar-refractivity contribution in [2.24, 2.45) is 0 Å². The first-order valence-electron chi connectivity index (χ1n) is 9.29. The molecule has 2 amide bonds. The molecule has 10 nitrogen and oxygen atoms in total. The summed E-state index contributed by atoms with van der Waals surface area (Å²) >= 11 is 7.15. The number of amides is 2. The van der Waals surface area contributed by atoms with Gasteiger partial charge in [0.1, 0.15) is 10.7 Å². The second kappa shape index (κ2) is 8.96. The molecule has 0 spiro atoms. The number of hydrogen-bond donors (Lipinski definition) is 1. The van der Waals surface area contributed by atoms with Crippen molar-refractivity contribution in [3.63, 3.8) is 0 Å². The third-order valence-corrected chi connectivity index (χ3v) is 6.60. The predicted octanol–water partition coefficient (Wildman–Crippen LogP) is 2.28. The molecule has 0 aliphatic rings. The van der Waals surface area contributed by atoms with Gasteiger partial charge >= 0.3 is 0 Å². The van der Waals surface area contributed by atoms with Gasteiger partial charge in [0.15, 0.2) is 15.7 Å². The molecule has 1 aromatic carbocycles. The average molecular weight is 497 g/mol. The van der Waals surface area contributed by atoms with Crippen molar-refractivity contribution < 1.29 is 18.0 Å². The Hall–Kier alpha value is -2.83. The third-order valence-electron chi connectivity index (χ3n) is 4.33. The summed E-state index contributed by atoms with van der Waals surface area (Å²) in [6.07, 6.45) is 2.50. The second-order valence-corrected chi connectivity index (χ2v) is 10.7. The Bertz CT molecular complexity index is 1300. The first-order chi connectivity index (χ1) is 14.9. The summed E-state index contributed by atoms with van der Waals surface area (Å²) in [5.74, 6) is 0.147. The van der Waals surface area contributed by atoms with Crippen LogP contribution in [-0.2, 0) is 9.84 Å². The van der Waals surface area contributed by atoms with E-state index in [1.165, 1.54) is 34.0 Å². The minimum absolute atomic E-state index is 0.0531. The number of nitrogens with zero attached hydrogens (tertiary/aromatic N) is 5. The van der Waals surface area contributed by atoms with Crippen LogP contribution in [-0.4, -0.2) is 65.2 Å². The van der Waals surface area contributed by atoms with Gasteiger partial charge in [-0.15, -0.1) is 5.10 Å². The highest BCUT2D eigenvalue weighted by Gasteiger charge is 2.23. The van der Waals surface area contributed by atoms with E-state index in [9.17, 15) is 18.0 Å². The second-order valence-electron chi connectivity index (χ2n) is 7.28. The number of rotatable bonds is 6. The summed E-state index contributed by atoms with van der Waals surface area (Å²) in [6, 6.07) is 3.32. The molecule has 1 atom stereocenters. The highest BCUT2D eigenvalue weighted by atomic mass is 35.5. The van der Waals surface area contributed by atoms with E-state index in [4.69, 9.17) is 11.6 Å². The van der Waals surface area contributed by atoms with Gasteiger partial charge in [-0.1, -0.05) is 22.9 Å². The number of carbonyl (C=O) groups is 2. The molecule has 0 fully saturated rings. The molecule has 0 saturated carbocycles. The molecule has 2 heterocycles. The molecule has 3 rings (SSSR count). The molecule has 3 aromatic rings. The van der Waals surface area contributed by atoms with E-state index >= 15 is 0 Å². The number of aryl methyl sites for hydroxylation is 1. The first-order valence-corrected chi connectivity index (χ1v) is 12.4. The predicted molar refractivity (Wildman–Crippen MR) is 120 cm³/mol. The summed E-state index contributed by atoms with van der Waals surface area (Å²) in [4.78, 5) is 35.5. The number of nitrogens with one attached hydrogen (secondary N) is 1. The molecule has 170 valence electrons. The van der Waals surface area contributed by atoms with Gasteiger partial charge in [0.2, 0.25) is 5.13 Å². The number of sulfone groups is 1. The lowest BCUT2D eigenvalue weighted by atomic mass is 10.2. The molecular formula is C19H21ClN6O4S2. The number of aromatic nitrogens is 4. The maximum absolute atomic E-state index is 12.8. The van der Waals surface area contributed by atoms with Gasteiger partial charge in [-0.2, -0.15) is 4.68 Å². The zero-order chi connectivity index (χ0) is 23.8. The molecule has 0 saturated heterocycles. The van der Waals surface area contributed by atoms with Gasteiger partial charge in [0.05, 0.1) is 17.1 Å². The normalized spacial score (nSPS) is 12.4. The van der Waals surface area contributed by atoms with Crippen LogP contribution in [0.5, 0.6) is 0 Å². The Kier molecular flexibility index (Phi) is 6.67. The Morgan fingerprint density at radius 3 is 2.56 bits per heavy atom. The van der Waals surface area contributed by atoms with Crippen LogP contribution in [0.1, 0.15) is 44.6 Å². The van der Waals surface area contributed by atoms with Crippen LogP contribution >= 0.6 is 22.9 Å². The van der Waals surface area contributed by atoms with Crippen LogP contribution < -0.4 is 5.32 Å². The maximum Gasteiger partial charge on any atom is 0.265 e. The van der Waals surface area contributed by atoms with Crippen molar-refractivity contribution in [1.29, 1.82) is 0 Å². The number of benzene rings is 1. The summed E-state index contributed by atoms with van der Waals surface area (Å²) in [6.45, 7) is 3.41. The average Bonchev–Trinajstić information content (AvgIpc) is 3.32. The van der Waals surface area contributed by atoms with Crippen LogP contribution in [0, 0.1) is 6.92 Å². The van der Waals surface area contributed by atoms with E-state index in [2.05, 4.69) is 20.4 Å². The van der Waals surface area contributed by atoms with Crippen molar-refractivity contribution in [3.05, 3.63) is 51.5 Å². The fraction of sp³-hybridized carbons (Fsp3) is 0.316. The molecule has 0 aliphatic carbocycles. The fourth-order valence-corrected chi connectivity index (χ4v) is 4.67. The molecule has 2 aromatic heterocycles. The van der Waals surface area contributed by atoms with Crippen LogP contribution in [0.2, 0.25) is 5.02 Å². The van der Waals surface area contributed by atoms with Crippen molar-refractivity contribution in [2.75, 3.05) is 20.4 Å². The highest BCUT2D eigenvalue weighted by Crippen LogP contribution is 2.23. The molecule has 0 unspecified atom stereocenters. The Morgan fingerprint density at radius 2 is 1.94 bits per heavy atom. The highest BCUT2D eigenvalue weighted by molar-refractivity contribution is 7.90. The molecule has 32 heavy (non-hydrogen) atoms. The Balaban J connectivity index is 1.89. The maximum atomic E-state index is 12.8. The van der Waals surface area contributed by atoms with Crippen LogP contribution in [0.25, 0.3) is 5.13 Å². The van der Waals surface area contributed by atoms with E-state index in [1.807, 2.05) is 0 Å². The van der Waals surface area contributed by atoms with Gasteiger partial charge in [0.25, 0.3) is 11.8 Å². The van der Waals surface area contributed by atoms with Crippen molar-refractivity contribution in [1.82, 2.24) is 30.0 Å². The quantitative estimate of drug-likeness (QED) is 0.554. The minimum Gasteiger partial charge on any atom is -0.344 e. The lowest BCUT2D eigenvalue weighted by molar-refractivity contribution is 0.0831. The van der Waals surface area contributed by atoms with E-state index in [0.717, 1.165) is 17.6 Å². The van der Waals surface area contributed by atoms with Gasteiger partial charge in [-0.3, -0.25) is 9.59 Å². The van der Waals surface area contributed by atoms with Crippen LogP contribution in [0.4, 0.5) is 0 Å². The zero-order valence-electron chi connectivity index (χ0n) is 18.0. The fourth-order valence-electron chi connectivity index (χ4n) is 2.79. The largest absolute Gasteiger partial charge is 0.344 e. The Labute approximate surface area is 194 Å². The number of carbonyl (C=O) groups excluding carboxylic acids is 2. The molecule has 0 bridgehead atoms. The van der Waals surface area contributed by atoms with Gasteiger partial charge in [-0.25, -0.2) is 18.4 Å². The third kappa shape index (κ3) is 5.14. The summed E-state index contributed by atoms with van der Waals surface area (Å²) in [5.41, 5.74) is 0.0978. The molecule has 13 heteroatoms. The van der Waals surface area contributed by atoms with E-state index in [-0.39, 0.29) is 21.4 Å². The molecule has 1 N–H and O–H groups in total. The molecular weight excluding hydrogens is 476 g/mol. The van der Waals surface area contributed by atoms with E-state index in [0.29, 0.717) is 21.7 Å².